The van der Waals surface area contributed by atoms with Crippen LogP contribution in [0.25, 0.3) is 16.9 Å². The Balaban J connectivity index is 1.36. The van der Waals surface area contributed by atoms with Crippen molar-refractivity contribution in [2.24, 2.45) is 5.92 Å². The Morgan fingerprint density at radius 2 is 1.63 bits per heavy atom. The summed E-state index contributed by atoms with van der Waals surface area (Å²) in [6.45, 7) is 7.32. The largest absolute Gasteiger partial charge is 0.343 e. The molecule has 1 aromatic heterocycles. The second-order valence-electron chi connectivity index (χ2n) is 10.0. The minimum atomic E-state index is 0.0199. The quantitative estimate of drug-likeness (QED) is 0.526. The first kappa shape index (κ1) is 23.3. The fourth-order valence-electron chi connectivity index (χ4n) is 5.37. The number of rotatable bonds is 5. The lowest BCUT2D eigenvalue weighted by Crippen LogP contribution is -2.40. The van der Waals surface area contributed by atoms with Crippen molar-refractivity contribution in [1.82, 2.24) is 19.6 Å². The maximum Gasteiger partial charge on any atom is 0.257 e. The van der Waals surface area contributed by atoms with Crippen molar-refractivity contribution in [3.63, 3.8) is 0 Å². The lowest BCUT2D eigenvalue weighted by Gasteiger charge is -2.32. The van der Waals surface area contributed by atoms with E-state index in [4.69, 9.17) is 5.10 Å². The molecule has 2 saturated heterocycles. The van der Waals surface area contributed by atoms with Gasteiger partial charge in [0.25, 0.3) is 5.91 Å². The minimum Gasteiger partial charge on any atom is -0.343 e. The Hall–Kier alpha value is -3.41. The number of hydrogen-bond acceptors (Lipinski definition) is 3. The van der Waals surface area contributed by atoms with Crippen molar-refractivity contribution in [1.29, 1.82) is 0 Å². The fourth-order valence-corrected chi connectivity index (χ4v) is 5.37. The molecule has 3 heterocycles. The van der Waals surface area contributed by atoms with Gasteiger partial charge in [0.1, 0.15) is 5.69 Å². The molecule has 2 aliphatic rings. The first-order chi connectivity index (χ1) is 17.0. The lowest BCUT2D eigenvalue weighted by molar-refractivity contribution is -0.131. The molecule has 0 bridgehead atoms. The number of aryl methyl sites for hydroxylation is 2. The number of likely N-dealkylation sites (tertiary alicyclic amines) is 2. The van der Waals surface area contributed by atoms with E-state index in [0.717, 1.165) is 61.3 Å². The summed E-state index contributed by atoms with van der Waals surface area (Å²) in [7, 11) is 0. The molecule has 0 saturated carbocycles. The van der Waals surface area contributed by atoms with Crippen LogP contribution in [0.15, 0.2) is 54.7 Å². The Bertz CT molecular complexity index is 1200. The number of hydrogen-bond donors (Lipinski definition) is 0. The topological polar surface area (TPSA) is 58.4 Å². The summed E-state index contributed by atoms with van der Waals surface area (Å²) in [6, 6.07) is 16.2. The van der Waals surface area contributed by atoms with E-state index in [1.807, 2.05) is 51.0 Å². The van der Waals surface area contributed by atoms with Crippen molar-refractivity contribution in [2.45, 2.75) is 46.0 Å². The standard InChI is InChI=1S/C29H34N4O2/c1-21-10-11-25(22(2)18-21)28-26(20-33(30-28)24-8-4-3-5-9-24)29(35)32-16-12-23(13-17-32)19-27(34)31-14-6-7-15-31/h3-5,8-11,18,20,23H,6-7,12-17,19H2,1-2H3. The van der Waals surface area contributed by atoms with Gasteiger partial charge in [0.15, 0.2) is 0 Å². The van der Waals surface area contributed by atoms with E-state index in [-0.39, 0.29) is 11.8 Å². The van der Waals surface area contributed by atoms with Gasteiger partial charge >= 0.3 is 0 Å². The molecule has 2 aliphatic heterocycles. The maximum atomic E-state index is 13.8. The molecule has 182 valence electrons. The normalized spacial score (nSPS) is 16.6. The molecule has 2 aromatic carbocycles. The first-order valence-electron chi connectivity index (χ1n) is 12.8. The number of nitrogens with zero attached hydrogens (tertiary/aromatic N) is 4. The third kappa shape index (κ3) is 5.02. The zero-order chi connectivity index (χ0) is 24.4. The van der Waals surface area contributed by atoms with E-state index in [0.29, 0.717) is 31.0 Å². The molecule has 0 aliphatic carbocycles. The molecule has 0 N–H and O–H groups in total. The molecule has 0 radical (unpaired) electrons. The molecule has 3 aromatic rings. The van der Waals surface area contributed by atoms with Gasteiger partial charge in [-0.2, -0.15) is 5.10 Å². The van der Waals surface area contributed by atoms with Crippen LogP contribution in [0.2, 0.25) is 0 Å². The van der Waals surface area contributed by atoms with E-state index in [2.05, 4.69) is 32.0 Å². The Morgan fingerprint density at radius 3 is 2.31 bits per heavy atom. The maximum absolute atomic E-state index is 13.8. The summed E-state index contributed by atoms with van der Waals surface area (Å²) >= 11 is 0. The average molecular weight is 471 g/mol. The van der Waals surface area contributed by atoms with Crippen LogP contribution in [0.5, 0.6) is 0 Å². The predicted octanol–water partition coefficient (Wildman–Crippen LogP) is 5.02. The van der Waals surface area contributed by atoms with Gasteiger partial charge in [-0.25, -0.2) is 4.68 Å². The molecule has 6 nitrogen and oxygen atoms in total. The lowest BCUT2D eigenvalue weighted by atomic mass is 9.92. The number of piperidine rings is 1. The van der Waals surface area contributed by atoms with Crippen molar-refractivity contribution in [3.8, 4) is 16.9 Å². The predicted molar refractivity (Wildman–Crippen MR) is 138 cm³/mol. The van der Waals surface area contributed by atoms with E-state index < -0.39 is 0 Å². The first-order valence-corrected chi connectivity index (χ1v) is 12.8. The summed E-state index contributed by atoms with van der Waals surface area (Å²) in [5.74, 6) is 0.665. The van der Waals surface area contributed by atoms with Gasteiger partial charge in [-0.1, -0.05) is 42.0 Å². The van der Waals surface area contributed by atoms with Gasteiger partial charge in [0.05, 0.1) is 11.3 Å². The highest BCUT2D eigenvalue weighted by atomic mass is 16.2. The van der Waals surface area contributed by atoms with Crippen LogP contribution in [0.3, 0.4) is 0 Å². The van der Waals surface area contributed by atoms with E-state index in [1.165, 1.54) is 5.56 Å². The van der Waals surface area contributed by atoms with Gasteiger partial charge in [-0.15, -0.1) is 0 Å². The highest BCUT2D eigenvalue weighted by Crippen LogP contribution is 2.30. The molecular weight excluding hydrogens is 436 g/mol. The van der Waals surface area contributed by atoms with Crippen molar-refractivity contribution < 1.29 is 9.59 Å². The SMILES string of the molecule is Cc1ccc(-c2nn(-c3ccccc3)cc2C(=O)N2CCC(CC(=O)N3CCCC3)CC2)c(C)c1. The van der Waals surface area contributed by atoms with Crippen LogP contribution in [0, 0.1) is 19.8 Å². The molecule has 5 rings (SSSR count). The summed E-state index contributed by atoms with van der Waals surface area (Å²) in [5, 5.41) is 4.87. The highest BCUT2D eigenvalue weighted by molar-refractivity contribution is 6.00. The van der Waals surface area contributed by atoms with Gasteiger partial charge in [-0.3, -0.25) is 9.59 Å². The Kier molecular flexibility index (Phi) is 6.71. The fraction of sp³-hybridized carbons (Fsp3) is 0.414. The third-order valence-electron chi connectivity index (χ3n) is 7.43. The van der Waals surface area contributed by atoms with Crippen LogP contribution >= 0.6 is 0 Å². The number of para-hydroxylation sites is 1. The van der Waals surface area contributed by atoms with Crippen molar-refractivity contribution >= 4 is 11.8 Å². The highest BCUT2D eigenvalue weighted by Gasteiger charge is 2.30. The van der Waals surface area contributed by atoms with Gasteiger partial charge in [0.2, 0.25) is 5.91 Å². The zero-order valence-electron chi connectivity index (χ0n) is 20.7. The molecule has 35 heavy (non-hydrogen) atoms. The third-order valence-corrected chi connectivity index (χ3v) is 7.43. The molecule has 2 amide bonds. The summed E-state index contributed by atoms with van der Waals surface area (Å²) in [6.07, 6.45) is 6.47. The average Bonchev–Trinajstić information content (AvgIpc) is 3.56. The number of carbonyl (C=O) groups is 2. The van der Waals surface area contributed by atoms with Crippen LogP contribution in [-0.2, 0) is 4.79 Å². The second kappa shape index (κ2) is 10.1. The number of benzene rings is 2. The zero-order valence-corrected chi connectivity index (χ0v) is 20.7. The number of carbonyl (C=O) groups excluding carboxylic acids is 2. The second-order valence-corrected chi connectivity index (χ2v) is 10.0. The molecule has 0 spiro atoms. The molecule has 0 unspecified atom stereocenters. The van der Waals surface area contributed by atoms with Crippen LogP contribution in [-0.4, -0.2) is 57.6 Å². The van der Waals surface area contributed by atoms with Gasteiger partial charge < -0.3 is 9.80 Å². The number of aromatic nitrogens is 2. The van der Waals surface area contributed by atoms with Crippen LogP contribution in [0.4, 0.5) is 0 Å². The van der Waals surface area contributed by atoms with Crippen LogP contribution in [0.1, 0.15) is 53.6 Å². The number of amides is 2. The van der Waals surface area contributed by atoms with Gasteiger partial charge in [0, 0.05) is 44.4 Å². The summed E-state index contributed by atoms with van der Waals surface area (Å²) in [5.41, 5.74) is 5.56. The summed E-state index contributed by atoms with van der Waals surface area (Å²) in [4.78, 5) is 30.3. The van der Waals surface area contributed by atoms with Gasteiger partial charge in [-0.05, 0) is 63.1 Å². The minimum absolute atomic E-state index is 0.0199. The van der Waals surface area contributed by atoms with E-state index in [1.54, 1.807) is 0 Å². The smallest absolute Gasteiger partial charge is 0.257 e. The van der Waals surface area contributed by atoms with Crippen molar-refractivity contribution in [3.05, 3.63) is 71.4 Å². The molecular formula is C29H34N4O2. The van der Waals surface area contributed by atoms with Crippen LogP contribution < -0.4 is 0 Å². The van der Waals surface area contributed by atoms with E-state index in [9.17, 15) is 9.59 Å². The molecule has 2 fully saturated rings. The monoisotopic (exact) mass is 470 g/mol. The molecule has 0 atom stereocenters. The Labute approximate surface area is 207 Å². The van der Waals surface area contributed by atoms with Crippen molar-refractivity contribution in [2.75, 3.05) is 26.2 Å². The summed E-state index contributed by atoms with van der Waals surface area (Å²) < 4.78 is 1.81. The molecule has 6 heteroatoms. The van der Waals surface area contributed by atoms with E-state index >= 15 is 0 Å². The Morgan fingerprint density at radius 1 is 0.914 bits per heavy atom.